The van der Waals surface area contributed by atoms with Gasteiger partial charge in [0.05, 0.1) is 10.6 Å². The van der Waals surface area contributed by atoms with Crippen molar-refractivity contribution in [1.82, 2.24) is 0 Å². The van der Waals surface area contributed by atoms with Gasteiger partial charge in [-0.15, -0.1) is 0 Å². The maximum atomic E-state index is 12.2. The lowest BCUT2D eigenvalue weighted by molar-refractivity contribution is -0.115. The predicted molar refractivity (Wildman–Crippen MR) is 92.4 cm³/mol. The van der Waals surface area contributed by atoms with Crippen LogP contribution >= 0.6 is 0 Å². The second-order valence-corrected chi connectivity index (χ2v) is 7.79. The standard InChI is InChI=1S/C18H21NO3S/c1-13-7-9-16(10-8-13)23(21,22)12-11-18(20)19-17-6-4-5-14(2)15(17)3/h4-10H,11-12H2,1-3H3,(H,19,20). The fraction of sp³-hybridized carbons (Fsp3) is 0.278. The van der Waals surface area contributed by atoms with Gasteiger partial charge in [-0.05, 0) is 50.1 Å². The van der Waals surface area contributed by atoms with Gasteiger partial charge >= 0.3 is 0 Å². The van der Waals surface area contributed by atoms with Crippen molar-refractivity contribution < 1.29 is 13.2 Å². The zero-order valence-corrected chi connectivity index (χ0v) is 14.4. The molecular weight excluding hydrogens is 310 g/mol. The largest absolute Gasteiger partial charge is 0.326 e. The molecule has 0 aliphatic carbocycles. The molecule has 1 N–H and O–H groups in total. The van der Waals surface area contributed by atoms with Gasteiger partial charge in [-0.1, -0.05) is 29.8 Å². The maximum absolute atomic E-state index is 12.2. The average molecular weight is 331 g/mol. The minimum absolute atomic E-state index is 0.0659. The summed E-state index contributed by atoms with van der Waals surface area (Å²) in [6.45, 7) is 5.79. The van der Waals surface area contributed by atoms with Crippen LogP contribution in [0.2, 0.25) is 0 Å². The average Bonchev–Trinajstić information content (AvgIpc) is 2.50. The highest BCUT2D eigenvalue weighted by molar-refractivity contribution is 7.91. The van der Waals surface area contributed by atoms with Crippen molar-refractivity contribution in [1.29, 1.82) is 0 Å². The first-order valence-corrected chi connectivity index (χ1v) is 9.10. The molecule has 5 heteroatoms. The Morgan fingerprint density at radius 1 is 1.00 bits per heavy atom. The molecule has 0 heterocycles. The first-order valence-electron chi connectivity index (χ1n) is 7.45. The van der Waals surface area contributed by atoms with Gasteiger partial charge in [-0.3, -0.25) is 4.79 Å². The molecule has 0 atom stereocenters. The zero-order chi connectivity index (χ0) is 17.0. The minimum atomic E-state index is -3.44. The number of carbonyl (C=O) groups is 1. The van der Waals surface area contributed by atoms with Crippen LogP contribution in [0.15, 0.2) is 47.4 Å². The van der Waals surface area contributed by atoms with Crippen LogP contribution in [0.4, 0.5) is 5.69 Å². The second-order valence-electron chi connectivity index (χ2n) is 5.68. The van der Waals surface area contributed by atoms with Crippen molar-refractivity contribution >= 4 is 21.4 Å². The van der Waals surface area contributed by atoms with E-state index in [1.54, 1.807) is 24.3 Å². The highest BCUT2D eigenvalue weighted by Crippen LogP contribution is 2.18. The van der Waals surface area contributed by atoms with Gasteiger partial charge in [0, 0.05) is 12.1 Å². The van der Waals surface area contributed by atoms with Gasteiger partial charge in [-0.2, -0.15) is 0 Å². The van der Waals surface area contributed by atoms with Crippen LogP contribution in [0.25, 0.3) is 0 Å². The maximum Gasteiger partial charge on any atom is 0.225 e. The molecule has 0 aliphatic rings. The number of nitrogens with one attached hydrogen (secondary N) is 1. The molecule has 2 rings (SSSR count). The number of anilines is 1. The predicted octanol–water partition coefficient (Wildman–Crippen LogP) is 3.41. The van der Waals surface area contributed by atoms with Gasteiger partial charge in [0.1, 0.15) is 0 Å². The lowest BCUT2D eigenvalue weighted by atomic mass is 10.1. The Hall–Kier alpha value is -2.14. The third kappa shape index (κ3) is 4.42. The Morgan fingerprint density at radius 2 is 1.65 bits per heavy atom. The summed E-state index contributed by atoms with van der Waals surface area (Å²) in [5.74, 6) is -0.498. The number of amides is 1. The smallest absolute Gasteiger partial charge is 0.225 e. The summed E-state index contributed by atoms with van der Waals surface area (Å²) in [6, 6.07) is 12.3. The van der Waals surface area contributed by atoms with Crippen molar-refractivity contribution in [2.24, 2.45) is 0 Å². The van der Waals surface area contributed by atoms with E-state index in [1.165, 1.54) is 0 Å². The molecule has 1 amide bonds. The Morgan fingerprint density at radius 3 is 2.30 bits per heavy atom. The highest BCUT2D eigenvalue weighted by atomic mass is 32.2. The molecule has 0 aromatic heterocycles. The molecule has 23 heavy (non-hydrogen) atoms. The molecule has 0 unspecified atom stereocenters. The molecule has 0 bridgehead atoms. The van der Waals surface area contributed by atoms with E-state index in [4.69, 9.17) is 0 Å². The summed E-state index contributed by atoms with van der Waals surface area (Å²) in [7, 11) is -3.44. The Labute approximate surface area is 137 Å². The van der Waals surface area contributed by atoms with E-state index in [1.807, 2.05) is 39.0 Å². The number of benzene rings is 2. The molecule has 0 radical (unpaired) electrons. The molecular formula is C18H21NO3S. The summed E-state index contributed by atoms with van der Waals surface area (Å²) >= 11 is 0. The lowest BCUT2D eigenvalue weighted by Crippen LogP contribution is -2.18. The van der Waals surface area contributed by atoms with Gasteiger partial charge in [-0.25, -0.2) is 8.42 Å². The van der Waals surface area contributed by atoms with E-state index in [2.05, 4.69) is 5.32 Å². The van der Waals surface area contributed by atoms with Gasteiger partial charge < -0.3 is 5.32 Å². The fourth-order valence-electron chi connectivity index (χ4n) is 2.19. The van der Waals surface area contributed by atoms with E-state index in [0.717, 1.165) is 22.4 Å². The van der Waals surface area contributed by atoms with Gasteiger partial charge in [0.2, 0.25) is 5.91 Å². The van der Waals surface area contributed by atoms with Gasteiger partial charge in [0.15, 0.2) is 9.84 Å². The van der Waals surface area contributed by atoms with Crippen molar-refractivity contribution in [3.8, 4) is 0 Å². The van der Waals surface area contributed by atoms with E-state index < -0.39 is 9.84 Å². The van der Waals surface area contributed by atoms with Crippen molar-refractivity contribution in [3.05, 3.63) is 59.2 Å². The SMILES string of the molecule is Cc1ccc(S(=O)(=O)CCC(=O)Nc2cccc(C)c2C)cc1. The summed E-state index contributed by atoms with van der Waals surface area (Å²) in [5.41, 5.74) is 3.79. The Balaban J connectivity index is 2.01. The molecule has 2 aromatic rings. The number of hydrogen-bond acceptors (Lipinski definition) is 3. The third-order valence-electron chi connectivity index (χ3n) is 3.86. The normalized spacial score (nSPS) is 11.3. The summed E-state index contributed by atoms with van der Waals surface area (Å²) in [6.07, 6.45) is -0.0659. The second kappa shape index (κ2) is 6.96. The first kappa shape index (κ1) is 17.2. The van der Waals surface area contributed by atoms with Gasteiger partial charge in [0.25, 0.3) is 0 Å². The van der Waals surface area contributed by atoms with Crippen LogP contribution < -0.4 is 5.32 Å². The number of rotatable bonds is 5. The Bertz CT molecular complexity index is 809. The Kier molecular flexibility index (Phi) is 5.21. The topological polar surface area (TPSA) is 63.2 Å². The zero-order valence-electron chi connectivity index (χ0n) is 13.6. The summed E-state index contributed by atoms with van der Waals surface area (Å²) < 4.78 is 24.5. The molecule has 4 nitrogen and oxygen atoms in total. The molecule has 2 aromatic carbocycles. The number of sulfone groups is 1. The summed E-state index contributed by atoms with van der Waals surface area (Å²) in [4.78, 5) is 12.3. The molecule has 0 spiro atoms. The third-order valence-corrected chi connectivity index (χ3v) is 5.59. The van der Waals surface area contributed by atoms with Crippen molar-refractivity contribution in [3.63, 3.8) is 0 Å². The molecule has 0 aliphatic heterocycles. The molecule has 122 valence electrons. The summed E-state index contributed by atoms with van der Waals surface area (Å²) in [5, 5.41) is 2.78. The number of hydrogen-bond donors (Lipinski definition) is 1. The minimum Gasteiger partial charge on any atom is -0.326 e. The molecule has 0 fully saturated rings. The fourth-order valence-corrected chi connectivity index (χ4v) is 3.43. The number of carbonyl (C=O) groups excluding carboxylic acids is 1. The van der Waals surface area contributed by atoms with Crippen molar-refractivity contribution in [2.75, 3.05) is 11.1 Å². The molecule has 0 saturated heterocycles. The van der Waals surface area contributed by atoms with Crippen molar-refractivity contribution in [2.45, 2.75) is 32.1 Å². The van der Waals surface area contributed by atoms with Crippen LogP contribution in [0.5, 0.6) is 0 Å². The number of aryl methyl sites for hydroxylation is 2. The van der Waals surface area contributed by atoms with Crippen LogP contribution in [0.1, 0.15) is 23.1 Å². The highest BCUT2D eigenvalue weighted by Gasteiger charge is 2.16. The van der Waals surface area contributed by atoms with Crippen LogP contribution in [-0.2, 0) is 14.6 Å². The van der Waals surface area contributed by atoms with E-state index in [-0.39, 0.29) is 23.0 Å². The van der Waals surface area contributed by atoms with E-state index in [9.17, 15) is 13.2 Å². The van der Waals surface area contributed by atoms with Crippen LogP contribution in [-0.4, -0.2) is 20.1 Å². The quantitative estimate of drug-likeness (QED) is 0.913. The molecule has 0 saturated carbocycles. The monoisotopic (exact) mass is 331 g/mol. The van der Waals surface area contributed by atoms with E-state index in [0.29, 0.717) is 0 Å². The van der Waals surface area contributed by atoms with E-state index >= 15 is 0 Å². The first-order chi connectivity index (χ1) is 10.8. The lowest BCUT2D eigenvalue weighted by Gasteiger charge is -2.10. The van der Waals surface area contributed by atoms with Crippen LogP contribution in [0, 0.1) is 20.8 Å². The van der Waals surface area contributed by atoms with Crippen LogP contribution in [0.3, 0.4) is 0 Å².